The summed E-state index contributed by atoms with van der Waals surface area (Å²) in [5, 5.41) is 10.2. The topological polar surface area (TPSA) is 38.7 Å². The van der Waals surface area contributed by atoms with Gasteiger partial charge in [-0.2, -0.15) is 0 Å². The standard InChI is InChI=1S/C18H38O3SSi/c1-5-7-8-9-12-18(17(19)22,13-10-16-23(3)4)21-15-11-14-20-6-2/h23H,5-16H2,1-4H3,(H,19,22). The first-order valence-corrected chi connectivity index (χ1v) is 13.0. The minimum absolute atomic E-state index is 0.0517. The lowest BCUT2D eigenvalue weighted by Gasteiger charge is -2.32. The molecule has 0 heterocycles. The Morgan fingerprint density at radius 1 is 1.00 bits per heavy atom. The van der Waals surface area contributed by atoms with Crippen molar-refractivity contribution < 1.29 is 14.6 Å². The summed E-state index contributed by atoms with van der Waals surface area (Å²) in [6.45, 7) is 11.0. The van der Waals surface area contributed by atoms with Crippen molar-refractivity contribution >= 4 is 26.1 Å². The number of thiocarbonyl (C=S) groups is 1. The zero-order valence-corrected chi connectivity index (χ0v) is 17.7. The van der Waals surface area contributed by atoms with E-state index >= 15 is 0 Å². The predicted molar refractivity (Wildman–Crippen MR) is 107 cm³/mol. The van der Waals surface area contributed by atoms with E-state index in [4.69, 9.17) is 21.7 Å². The van der Waals surface area contributed by atoms with Crippen LogP contribution in [0.15, 0.2) is 0 Å². The van der Waals surface area contributed by atoms with Crippen molar-refractivity contribution in [3.63, 3.8) is 0 Å². The maximum absolute atomic E-state index is 10.2. The van der Waals surface area contributed by atoms with E-state index in [0.29, 0.717) is 13.2 Å². The molecule has 1 unspecified atom stereocenters. The fraction of sp³-hybridized carbons (Fsp3) is 0.944. The molecule has 0 spiro atoms. The van der Waals surface area contributed by atoms with Gasteiger partial charge in [0.1, 0.15) is 5.60 Å². The number of hydrogen-bond acceptors (Lipinski definition) is 3. The lowest BCUT2D eigenvalue weighted by atomic mass is 9.91. The van der Waals surface area contributed by atoms with Gasteiger partial charge < -0.3 is 14.6 Å². The van der Waals surface area contributed by atoms with Crippen LogP contribution < -0.4 is 0 Å². The molecule has 0 rings (SSSR count). The van der Waals surface area contributed by atoms with Crippen LogP contribution in [0.25, 0.3) is 0 Å². The summed E-state index contributed by atoms with van der Waals surface area (Å²) in [7, 11) is -0.573. The third-order valence-corrected chi connectivity index (χ3v) is 6.14. The minimum Gasteiger partial charge on any atom is -0.500 e. The Bertz CT molecular complexity index is 300. The number of rotatable bonds is 16. The van der Waals surface area contributed by atoms with E-state index in [0.717, 1.165) is 38.7 Å². The van der Waals surface area contributed by atoms with Crippen LogP contribution in [0.3, 0.4) is 0 Å². The molecule has 0 aromatic heterocycles. The Kier molecular flexibility index (Phi) is 14.4. The van der Waals surface area contributed by atoms with Crippen LogP contribution in [0.4, 0.5) is 0 Å². The van der Waals surface area contributed by atoms with Gasteiger partial charge in [0.2, 0.25) is 0 Å². The highest BCUT2D eigenvalue weighted by atomic mass is 32.1. The highest BCUT2D eigenvalue weighted by Crippen LogP contribution is 2.29. The van der Waals surface area contributed by atoms with E-state index in [9.17, 15) is 5.11 Å². The fourth-order valence-electron chi connectivity index (χ4n) is 2.75. The Hall–Kier alpha value is 0.0269. The van der Waals surface area contributed by atoms with Crippen molar-refractivity contribution in [2.75, 3.05) is 19.8 Å². The molecule has 0 radical (unpaired) electrons. The Morgan fingerprint density at radius 2 is 1.70 bits per heavy atom. The van der Waals surface area contributed by atoms with Crippen molar-refractivity contribution in [3.8, 4) is 0 Å². The summed E-state index contributed by atoms with van der Waals surface area (Å²) >= 11 is 5.20. The molecule has 0 amide bonds. The minimum atomic E-state index is -0.613. The van der Waals surface area contributed by atoms with Gasteiger partial charge >= 0.3 is 0 Å². The van der Waals surface area contributed by atoms with Crippen molar-refractivity contribution in [3.05, 3.63) is 0 Å². The van der Waals surface area contributed by atoms with Crippen LogP contribution in [-0.4, -0.2) is 44.4 Å². The van der Waals surface area contributed by atoms with Gasteiger partial charge in [-0.25, -0.2) is 0 Å². The van der Waals surface area contributed by atoms with Crippen LogP contribution in [0.1, 0.15) is 65.2 Å². The lowest BCUT2D eigenvalue weighted by molar-refractivity contribution is -0.0246. The molecule has 0 aromatic rings. The monoisotopic (exact) mass is 362 g/mol. The zero-order chi connectivity index (χ0) is 17.6. The molecule has 23 heavy (non-hydrogen) atoms. The summed E-state index contributed by atoms with van der Waals surface area (Å²) in [5.41, 5.74) is -0.613. The SMILES string of the molecule is CCCCCCC(CCC[SiH](C)C)(OCCCOCC)C(O)=S. The number of unbranched alkanes of at least 4 members (excludes halogenated alkanes) is 3. The van der Waals surface area contributed by atoms with E-state index in [1.165, 1.54) is 25.3 Å². The maximum Gasteiger partial charge on any atom is 0.189 e. The quantitative estimate of drug-likeness (QED) is 0.230. The highest BCUT2D eigenvalue weighted by Gasteiger charge is 2.35. The molecule has 0 aliphatic carbocycles. The molecule has 0 aliphatic heterocycles. The summed E-state index contributed by atoms with van der Waals surface area (Å²) in [6.07, 6.45) is 8.35. The fourth-order valence-corrected chi connectivity index (χ4v) is 4.03. The zero-order valence-electron chi connectivity index (χ0n) is 15.7. The third kappa shape index (κ3) is 11.2. The summed E-state index contributed by atoms with van der Waals surface area (Å²) in [5.74, 6) is 0. The largest absolute Gasteiger partial charge is 0.500 e. The van der Waals surface area contributed by atoms with Gasteiger partial charge in [-0.05, 0) is 38.4 Å². The number of ether oxygens (including phenoxy) is 2. The molecule has 1 N–H and O–H groups in total. The predicted octanol–water partition coefficient (Wildman–Crippen LogP) is 5.29. The summed E-state index contributed by atoms with van der Waals surface area (Å²) in [4.78, 5) is 0. The second-order valence-corrected chi connectivity index (χ2v) is 10.5. The number of aliphatic hydroxyl groups excluding tert-OH is 1. The normalized spacial score (nSPS) is 14.1. The smallest absolute Gasteiger partial charge is 0.189 e. The van der Waals surface area contributed by atoms with Crippen LogP contribution in [0, 0.1) is 0 Å². The Balaban J connectivity index is 4.56. The molecule has 0 saturated carbocycles. The second-order valence-electron chi connectivity index (χ2n) is 6.80. The summed E-state index contributed by atoms with van der Waals surface area (Å²) < 4.78 is 11.5. The average Bonchev–Trinajstić information content (AvgIpc) is 2.50. The maximum atomic E-state index is 10.2. The molecule has 138 valence electrons. The molecule has 0 fully saturated rings. The van der Waals surface area contributed by atoms with Crippen molar-refractivity contribution in [2.45, 2.75) is 90.0 Å². The molecule has 0 aliphatic rings. The Labute approximate surface area is 150 Å². The van der Waals surface area contributed by atoms with Crippen molar-refractivity contribution in [1.29, 1.82) is 0 Å². The molecule has 0 aromatic carbocycles. The van der Waals surface area contributed by atoms with Crippen molar-refractivity contribution in [1.82, 2.24) is 0 Å². The van der Waals surface area contributed by atoms with Gasteiger partial charge in [0.15, 0.2) is 5.05 Å². The average molecular weight is 363 g/mol. The van der Waals surface area contributed by atoms with E-state index < -0.39 is 14.4 Å². The molecular formula is C18H38O3SSi. The van der Waals surface area contributed by atoms with E-state index in [1.807, 2.05) is 6.92 Å². The second kappa shape index (κ2) is 14.4. The van der Waals surface area contributed by atoms with Crippen LogP contribution in [0.2, 0.25) is 19.1 Å². The summed E-state index contributed by atoms with van der Waals surface area (Å²) in [6, 6.07) is 1.28. The number of aliphatic hydroxyl groups is 1. The molecular weight excluding hydrogens is 324 g/mol. The first kappa shape index (κ1) is 23.0. The van der Waals surface area contributed by atoms with E-state index in [-0.39, 0.29) is 5.05 Å². The van der Waals surface area contributed by atoms with Crippen LogP contribution in [0.5, 0.6) is 0 Å². The van der Waals surface area contributed by atoms with Gasteiger partial charge in [0.05, 0.1) is 6.61 Å². The number of hydrogen-bond donors (Lipinski definition) is 1. The molecule has 1 atom stereocenters. The van der Waals surface area contributed by atoms with Crippen LogP contribution in [-0.2, 0) is 9.47 Å². The molecule has 0 saturated heterocycles. The lowest BCUT2D eigenvalue weighted by Crippen LogP contribution is -2.41. The van der Waals surface area contributed by atoms with Crippen LogP contribution >= 0.6 is 12.2 Å². The first-order valence-electron chi connectivity index (χ1n) is 9.43. The highest BCUT2D eigenvalue weighted by molar-refractivity contribution is 7.80. The molecule has 3 nitrogen and oxygen atoms in total. The van der Waals surface area contributed by atoms with Gasteiger partial charge in [-0.15, -0.1) is 0 Å². The van der Waals surface area contributed by atoms with Gasteiger partial charge in [-0.3, -0.25) is 0 Å². The first-order chi connectivity index (χ1) is 11.0. The van der Waals surface area contributed by atoms with Gasteiger partial charge in [0, 0.05) is 22.0 Å². The van der Waals surface area contributed by atoms with Crippen molar-refractivity contribution in [2.24, 2.45) is 0 Å². The molecule has 5 heteroatoms. The van der Waals surface area contributed by atoms with Gasteiger partial charge in [-0.1, -0.05) is 58.2 Å². The Morgan fingerprint density at radius 3 is 2.26 bits per heavy atom. The van der Waals surface area contributed by atoms with E-state index in [2.05, 4.69) is 20.0 Å². The third-order valence-electron chi connectivity index (χ3n) is 4.20. The molecule has 0 bridgehead atoms. The van der Waals surface area contributed by atoms with E-state index in [1.54, 1.807) is 0 Å². The van der Waals surface area contributed by atoms with Gasteiger partial charge in [0.25, 0.3) is 0 Å².